The molecule has 2 aromatic rings. The van der Waals surface area contributed by atoms with Crippen molar-refractivity contribution in [2.75, 3.05) is 0 Å². The number of benzene rings is 2. The molecule has 0 saturated heterocycles. The summed E-state index contributed by atoms with van der Waals surface area (Å²) in [7, 11) is 0. The minimum atomic E-state index is 0.242. The van der Waals surface area contributed by atoms with Crippen molar-refractivity contribution in [3.8, 4) is 0 Å². The van der Waals surface area contributed by atoms with Gasteiger partial charge in [0.1, 0.15) is 0 Å². The van der Waals surface area contributed by atoms with Crippen LogP contribution in [-0.2, 0) is 21.7 Å². The van der Waals surface area contributed by atoms with E-state index in [9.17, 15) is 0 Å². The Balaban J connectivity index is 0. The van der Waals surface area contributed by atoms with E-state index < -0.39 is 0 Å². The number of rotatable bonds is 0. The number of aryl methyl sites for hydroxylation is 2. The second-order valence-corrected chi connectivity index (χ2v) is 13.2. The molecule has 0 spiro atoms. The van der Waals surface area contributed by atoms with Gasteiger partial charge < -0.3 is 0 Å². The van der Waals surface area contributed by atoms with Gasteiger partial charge in [0.05, 0.1) is 0 Å². The highest BCUT2D eigenvalue weighted by Crippen LogP contribution is 2.31. The zero-order valence-electron chi connectivity index (χ0n) is 26.5. The van der Waals surface area contributed by atoms with Crippen LogP contribution in [0.5, 0.6) is 0 Å². The molecule has 2 aromatic carbocycles. The summed E-state index contributed by atoms with van der Waals surface area (Å²) in [5.74, 6) is 0. The van der Waals surface area contributed by atoms with E-state index in [1.165, 1.54) is 33.4 Å². The predicted octanol–water partition coefficient (Wildman–Crippen LogP) is 11.2. The van der Waals surface area contributed by atoms with Crippen LogP contribution in [0.1, 0.15) is 144 Å². The zero-order valence-corrected chi connectivity index (χ0v) is 26.5. The first-order chi connectivity index (χ1) is 15.2. The molecule has 2 rings (SSSR count). The molecule has 0 N–H and O–H groups in total. The minimum absolute atomic E-state index is 0.242. The molecule has 0 fully saturated rings. The summed E-state index contributed by atoms with van der Waals surface area (Å²) in [5, 5.41) is 0. The molecule has 0 bridgehead atoms. The third kappa shape index (κ3) is 12.2. The minimum Gasteiger partial charge on any atom is -0.0683 e. The van der Waals surface area contributed by atoms with Crippen LogP contribution < -0.4 is 0 Å². The van der Waals surface area contributed by atoms with E-state index in [4.69, 9.17) is 0 Å². The second kappa shape index (κ2) is 13.5. The summed E-state index contributed by atoms with van der Waals surface area (Å²) in [6, 6.07) is 13.9. The van der Waals surface area contributed by atoms with E-state index in [2.05, 4.69) is 133 Å². The van der Waals surface area contributed by atoms with Crippen molar-refractivity contribution in [3.05, 3.63) is 69.8 Å². The monoisotopic (exact) mass is 468 g/mol. The summed E-state index contributed by atoms with van der Waals surface area (Å²) in [6.07, 6.45) is 0. The summed E-state index contributed by atoms with van der Waals surface area (Å²) in [4.78, 5) is 0. The highest BCUT2D eigenvalue weighted by atomic mass is 14.3. The summed E-state index contributed by atoms with van der Waals surface area (Å²) < 4.78 is 0. The van der Waals surface area contributed by atoms with Crippen LogP contribution in [-0.4, -0.2) is 0 Å². The molecule has 0 aliphatic rings. The lowest BCUT2D eigenvalue weighted by Gasteiger charge is -2.25. The fourth-order valence-corrected chi connectivity index (χ4v) is 3.30. The van der Waals surface area contributed by atoms with Crippen molar-refractivity contribution >= 4 is 0 Å². The molecule has 0 heteroatoms. The summed E-state index contributed by atoms with van der Waals surface area (Å²) in [5.41, 5.74) is 9.45. The summed E-state index contributed by atoms with van der Waals surface area (Å²) in [6.45, 7) is 39.6. The van der Waals surface area contributed by atoms with Crippen molar-refractivity contribution in [2.24, 2.45) is 0 Å². The largest absolute Gasteiger partial charge is 0.0683 e. The maximum atomic E-state index is 2.35. The van der Waals surface area contributed by atoms with Gasteiger partial charge in [-0.25, -0.2) is 0 Å². The first-order valence-corrected chi connectivity index (χ1v) is 13.5. The van der Waals surface area contributed by atoms with Gasteiger partial charge in [-0.05, 0) is 57.8 Å². The maximum Gasteiger partial charge on any atom is -0.0132 e. The third-order valence-corrected chi connectivity index (χ3v) is 5.62. The molecule has 0 saturated carbocycles. The Bertz CT molecular complexity index is 700. The molecule has 34 heavy (non-hydrogen) atoms. The highest BCUT2D eigenvalue weighted by Gasteiger charge is 2.20. The van der Waals surface area contributed by atoms with Crippen molar-refractivity contribution in [3.63, 3.8) is 0 Å². The second-order valence-electron chi connectivity index (χ2n) is 13.2. The Morgan fingerprint density at radius 1 is 0.324 bits per heavy atom. The molecule has 0 heterocycles. The fourth-order valence-electron chi connectivity index (χ4n) is 3.30. The van der Waals surface area contributed by atoms with Crippen molar-refractivity contribution in [1.29, 1.82) is 0 Å². The van der Waals surface area contributed by atoms with E-state index in [0.29, 0.717) is 0 Å². The van der Waals surface area contributed by atoms with Crippen LogP contribution in [0.4, 0.5) is 0 Å². The molecule has 196 valence electrons. The highest BCUT2D eigenvalue weighted by molar-refractivity contribution is 5.37. The molecule has 0 radical (unpaired) electrons. The van der Waals surface area contributed by atoms with Gasteiger partial charge in [-0.2, -0.15) is 0 Å². The van der Waals surface area contributed by atoms with Crippen molar-refractivity contribution < 1.29 is 0 Å². The lowest BCUT2D eigenvalue weighted by Crippen LogP contribution is -2.16. The molecule has 0 amide bonds. The topological polar surface area (TPSA) is 0 Å². The summed E-state index contributed by atoms with van der Waals surface area (Å²) >= 11 is 0. The Hall–Kier alpha value is -1.56. The van der Waals surface area contributed by atoms with Gasteiger partial charge in [-0.3, -0.25) is 0 Å². The normalized spacial score (nSPS) is 11.8. The SMILES string of the molecule is CC.CC.Cc1cc(C(C)(C)C)cc(C(C)(C)C)c1.Cc1cc(C(C)(C)C)cc(C(C)(C)C)c1. The van der Waals surface area contributed by atoms with Crippen LogP contribution in [0, 0.1) is 13.8 Å². The van der Waals surface area contributed by atoms with Crippen LogP contribution >= 0.6 is 0 Å². The molecule has 0 aromatic heterocycles. The van der Waals surface area contributed by atoms with Gasteiger partial charge in [-0.1, -0.05) is 158 Å². The third-order valence-electron chi connectivity index (χ3n) is 5.62. The van der Waals surface area contributed by atoms with Crippen LogP contribution in [0.25, 0.3) is 0 Å². The Morgan fingerprint density at radius 2 is 0.471 bits per heavy atom. The van der Waals surface area contributed by atoms with Crippen LogP contribution in [0.15, 0.2) is 36.4 Å². The van der Waals surface area contributed by atoms with E-state index >= 15 is 0 Å². The van der Waals surface area contributed by atoms with Gasteiger partial charge in [0.25, 0.3) is 0 Å². The number of hydrogen-bond acceptors (Lipinski definition) is 0. The zero-order chi connectivity index (χ0) is 27.7. The molecule has 0 atom stereocenters. The van der Waals surface area contributed by atoms with Gasteiger partial charge in [-0.15, -0.1) is 0 Å². The lowest BCUT2D eigenvalue weighted by molar-refractivity contribution is 0.567. The van der Waals surface area contributed by atoms with Crippen molar-refractivity contribution in [1.82, 2.24) is 0 Å². The average molecular weight is 469 g/mol. The first kappa shape index (κ1) is 34.6. The molecule has 0 unspecified atom stereocenters. The standard InChI is InChI=1S/2C15H24.2C2H6/c2*1-11-8-12(14(2,3)4)10-13(9-11)15(5,6)7;2*1-2/h2*8-10H,1-7H3;2*1-2H3. The Kier molecular flexibility index (Phi) is 13.7. The molecular formula is C34H60. The van der Waals surface area contributed by atoms with Gasteiger partial charge in [0, 0.05) is 0 Å². The predicted molar refractivity (Wildman–Crippen MR) is 160 cm³/mol. The molecular weight excluding hydrogens is 408 g/mol. The van der Waals surface area contributed by atoms with Crippen LogP contribution in [0.3, 0.4) is 0 Å². The molecule has 0 aliphatic heterocycles. The van der Waals surface area contributed by atoms with Gasteiger partial charge in [0.2, 0.25) is 0 Å². The quantitative estimate of drug-likeness (QED) is 0.360. The first-order valence-electron chi connectivity index (χ1n) is 13.5. The number of hydrogen-bond donors (Lipinski definition) is 0. The van der Waals surface area contributed by atoms with E-state index in [0.717, 1.165) is 0 Å². The fraction of sp³-hybridized carbons (Fsp3) is 0.647. The van der Waals surface area contributed by atoms with E-state index in [-0.39, 0.29) is 21.7 Å². The van der Waals surface area contributed by atoms with Crippen LogP contribution in [0.2, 0.25) is 0 Å². The smallest absolute Gasteiger partial charge is 0.0132 e. The Morgan fingerprint density at radius 3 is 0.588 bits per heavy atom. The molecule has 0 aliphatic carbocycles. The maximum absolute atomic E-state index is 2.35. The van der Waals surface area contributed by atoms with Gasteiger partial charge in [0.15, 0.2) is 0 Å². The van der Waals surface area contributed by atoms with E-state index in [1.54, 1.807) is 0 Å². The Labute approximate surface area is 216 Å². The van der Waals surface area contributed by atoms with Crippen molar-refractivity contribution in [2.45, 2.75) is 146 Å². The van der Waals surface area contributed by atoms with Gasteiger partial charge >= 0.3 is 0 Å². The average Bonchev–Trinajstić information content (AvgIpc) is 2.68. The molecule has 0 nitrogen and oxygen atoms in total. The lowest BCUT2D eigenvalue weighted by atomic mass is 9.80. The van der Waals surface area contributed by atoms with E-state index in [1.807, 2.05) is 27.7 Å².